The van der Waals surface area contributed by atoms with Crippen LogP contribution in [0, 0.1) is 0 Å². The van der Waals surface area contributed by atoms with Crippen molar-refractivity contribution < 1.29 is 4.79 Å². The van der Waals surface area contributed by atoms with Crippen LogP contribution >= 0.6 is 11.8 Å². The van der Waals surface area contributed by atoms with Gasteiger partial charge in [-0.05, 0) is 13.6 Å². The van der Waals surface area contributed by atoms with Gasteiger partial charge in [0.25, 0.3) is 0 Å². The molecule has 0 spiro atoms. The molecule has 1 aliphatic heterocycles. The Morgan fingerprint density at radius 1 is 1.71 bits per heavy atom. The summed E-state index contributed by atoms with van der Waals surface area (Å²) in [5, 5.41) is 6.08. The van der Waals surface area contributed by atoms with Crippen molar-refractivity contribution in [3.8, 4) is 0 Å². The molecule has 14 heavy (non-hydrogen) atoms. The largest absolute Gasteiger partial charge is 0.353 e. The third kappa shape index (κ3) is 3.86. The summed E-state index contributed by atoms with van der Waals surface area (Å²) in [5.41, 5.74) is 0. The van der Waals surface area contributed by atoms with E-state index in [0.717, 1.165) is 31.3 Å². The zero-order valence-electron chi connectivity index (χ0n) is 8.88. The smallest absolute Gasteiger partial charge is 0.238 e. The van der Waals surface area contributed by atoms with E-state index in [4.69, 9.17) is 0 Å². The van der Waals surface area contributed by atoms with Crippen LogP contribution in [0.15, 0.2) is 0 Å². The average Bonchev–Trinajstić information content (AvgIpc) is 2.70. The summed E-state index contributed by atoms with van der Waals surface area (Å²) in [7, 11) is 2.05. The Hall–Kier alpha value is -0.260. The topological polar surface area (TPSA) is 44.4 Å². The normalized spacial score (nSPS) is 21.5. The van der Waals surface area contributed by atoms with Crippen LogP contribution in [0.4, 0.5) is 0 Å². The predicted molar refractivity (Wildman–Crippen MR) is 60.4 cm³/mol. The molecule has 0 bridgehead atoms. The molecule has 0 aromatic heterocycles. The molecule has 0 radical (unpaired) electrons. The molecule has 5 heteroatoms. The molecule has 1 heterocycles. The quantitative estimate of drug-likeness (QED) is 0.665. The van der Waals surface area contributed by atoms with Gasteiger partial charge in [-0.3, -0.25) is 10.1 Å². The number of hydrogen-bond acceptors (Lipinski definition) is 4. The second-order valence-corrected chi connectivity index (χ2v) is 4.49. The van der Waals surface area contributed by atoms with Crippen molar-refractivity contribution >= 4 is 17.7 Å². The Morgan fingerprint density at radius 3 is 3.07 bits per heavy atom. The fourth-order valence-electron chi connectivity index (χ4n) is 1.21. The van der Waals surface area contributed by atoms with Crippen LogP contribution in [0.3, 0.4) is 0 Å². The molecule has 1 atom stereocenters. The van der Waals surface area contributed by atoms with Crippen molar-refractivity contribution in [1.29, 1.82) is 0 Å². The van der Waals surface area contributed by atoms with Gasteiger partial charge in [0.1, 0.15) is 0 Å². The lowest BCUT2D eigenvalue weighted by Gasteiger charge is -2.15. The van der Waals surface area contributed by atoms with E-state index in [1.165, 1.54) is 0 Å². The Balaban J connectivity index is 2.08. The molecule has 4 nitrogen and oxygen atoms in total. The van der Waals surface area contributed by atoms with Crippen LogP contribution in [0.25, 0.3) is 0 Å². The molecule has 1 amide bonds. The van der Waals surface area contributed by atoms with Crippen molar-refractivity contribution in [1.82, 2.24) is 15.5 Å². The standard InChI is InChI=1S/C9H19N3OS/c1-3-12(2)5-4-10-9(13)8-6-14-7-11-8/h8,11H,3-7H2,1-2H3,(H,10,13)/t8-/m1/s1. The van der Waals surface area contributed by atoms with Crippen LogP contribution in [-0.2, 0) is 4.79 Å². The van der Waals surface area contributed by atoms with E-state index in [1.54, 1.807) is 11.8 Å². The molecule has 1 saturated heterocycles. The summed E-state index contributed by atoms with van der Waals surface area (Å²) < 4.78 is 0. The Kier molecular flexibility index (Phi) is 5.29. The number of likely N-dealkylation sites (N-methyl/N-ethyl adjacent to an activating group) is 1. The number of nitrogens with zero attached hydrogens (tertiary/aromatic N) is 1. The second kappa shape index (κ2) is 6.27. The Labute approximate surface area is 89.8 Å². The minimum atomic E-state index is 0.0203. The maximum absolute atomic E-state index is 11.5. The maximum atomic E-state index is 11.5. The first-order valence-corrected chi connectivity index (χ1v) is 6.17. The van der Waals surface area contributed by atoms with Gasteiger partial charge in [0.2, 0.25) is 5.91 Å². The van der Waals surface area contributed by atoms with Crippen LogP contribution in [0.5, 0.6) is 0 Å². The predicted octanol–water partition coefficient (Wildman–Crippen LogP) is -0.283. The number of carbonyl (C=O) groups is 1. The molecule has 0 unspecified atom stereocenters. The highest BCUT2D eigenvalue weighted by Crippen LogP contribution is 2.08. The Morgan fingerprint density at radius 2 is 2.50 bits per heavy atom. The van der Waals surface area contributed by atoms with Crippen LogP contribution in [0.1, 0.15) is 6.92 Å². The van der Waals surface area contributed by atoms with Gasteiger partial charge in [-0.25, -0.2) is 0 Å². The molecule has 0 aliphatic carbocycles. The van der Waals surface area contributed by atoms with E-state index in [-0.39, 0.29) is 11.9 Å². The first-order chi connectivity index (χ1) is 6.74. The number of amides is 1. The molecule has 2 N–H and O–H groups in total. The van der Waals surface area contributed by atoms with E-state index in [1.807, 2.05) is 0 Å². The minimum absolute atomic E-state index is 0.0203. The SMILES string of the molecule is CCN(C)CCNC(=O)[C@H]1CSCN1. The monoisotopic (exact) mass is 217 g/mol. The van der Waals surface area contributed by atoms with Gasteiger partial charge in [-0.1, -0.05) is 6.92 Å². The van der Waals surface area contributed by atoms with E-state index >= 15 is 0 Å². The third-order valence-electron chi connectivity index (χ3n) is 2.37. The lowest BCUT2D eigenvalue weighted by Crippen LogP contribution is -2.44. The molecule has 1 rings (SSSR count). The van der Waals surface area contributed by atoms with E-state index < -0.39 is 0 Å². The summed E-state index contributed by atoms with van der Waals surface area (Å²) in [4.78, 5) is 13.7. The molecule has 0 saturated carbocycles. The molecule has 1 fully saturated rings. The molecular formula is C9H19N3OS. The first-order valence-electron chi connectivity index (χ1n) is 5.01. The van der Waals surface area contributed by atoms with Crippen molar-refractivity contribution in [3.05, 3.63) is 0 Å². The number of carbonyl (C=O) groups excluding carboxylic acids is 1. The van der Waals surface area contributed by atoms with Crippen molar-refractivity contribution in [3.63, 3.8) is 0 Å². The van der Waals surface area contributed by atoms with Gasteiger partial charge < -0.3 is 10.2 Å². The fraction of sp³-hybridized carbons (Fsp3) is 0.889. The zero-order chi connectivity index (χ0) is 10.4. The summed E-state index contributed by atoms with van der Waals surface area (Å²) in [6.07, 6.45) is 0. The zero-order valence-corrected chi connectivity index (χ0v) is 9.69. The highest BCUT2D eigenvalue weighted by atomic mass is 32.2. The average molecular weight is 217 g/mol. The maximum Gasteiger partial charge on any atom is 0.238 e. The summed E-state index contributed by atoms with van der Waals surface area (Å²) in [6, 6.07) is 0.0203. The van der Waals surface area contributed by atoms with Gasteiger partial charge >= 0.3 is 0 Å². The molecule has 1 aliphatic rings. The van der Waals surface area contributed by atoms with Crippen LogP contribution in [0.2, 0.25) is 0 Å². The van der Waals surface area contributed by atoms with Gasteiger partial charge in [-0.15, -0.1) is 11.8 Å². The highest BCUT2D eigenvalue weighted by Gasteiger charge is 2.21. The lowest BCUT2D eigenvalue weighted by atomic mass is 10.3. The summed E-state index contributed by atoms with van der Waals surface area (Å²) in [5.74, 6) is 1.93. The number of hydrogen-bond donors (Lipinski definition) is 2. The number of thioether (sulfide) groups is 1. The summed E-state index contributed by atoms with van der Waals surface area (Å²) >= 11 is 1.77. The van der Waals surface area contributed by atoms with Gasteiger partial charge in [0, 0.05) is 24.7 Å². The molecular weight excluding hydrogens is 198 g/mol. The van der Waals surface area contributed by atoms with Crippen molar-refractivity contribution in [2.45, 2.75) is 13.0 Å². The highest BCUT2D eigenvalue weighted by molar-refractivity contribution is 7.99. The third-order valence-corrected chi connectivity index (χ3v) is 3.31. The minimum Gasteiger partial charge on any atom is -0.353 e. The second-order valence-electron chi connectivity index (χ2n) is 3.46. The lowest BCUT2D eigenvalue weighted by molar-refractivity contribution is -0.122. The Bertz CT molecular complexity index is 183. The first kappa shape index (κ1) is 11.8. The van der Waals surface area contributed by atoms with Crippen molar-refractivity contribution in [2.24, 2.45) is 0 Å². The van der Waals surface area contributed by atoms with Crippen LogP contribution < -0.4 is 10.6 Å². The van der Waals surface area contributed by atoms with Gasteiger partial charge in [-0.2, -0.15) is 0 Å². The molecule has 0 aromatic rings. The van der Waals surface area contributed by atoms with Crippen molar-refractivity contribution in [2.75, 3.05) is 38.3 Å². The molecule has 82 valence electrons. The van der Waals surface area contributed by atoms with Gasteiger partial charge in [0.05, 0.1) is 6.04 Å². The fourth-order valence-corrected chi connectivity index (χ4v) is 2.16. The van der Waals surface area contributed by atoms with E-state index in [9.17, 15) is 4.79 Å². The number of rotatable bonds is 5. The number of nitrogens with one attached hydrogen (secondary N) is 2. The van der Waals surface area contributed by atoms with Crippen LogP contribution in [-0.4, -0.2) is 55.2 Å². The van der Waals surface area contributed by atoms with Gasteiger partial charge in [0.15, 0.2) is 0 Å². The molecule has 0 aromatic carbocycles. The summed E-state index contributed by atoms with van der Waals surface area (Å²) in [6.45, 7) is 4.79. The van der Waals surface area contributed by atoms with E-state index in [0.29, 0.717) is 0 Å². The van der Waals surface area contributed by atoms with E-state index in [2.05, 4.69) is 29.5 Å².